The van der Waals surface area contributed by atoms with E-state index in [1.807, 2.05) is 11.8 Å². The van der Waals surface area contributed by atoms with Gasteiger partial charge in [-0.05, 0) is 36.6 Å². The molecule has 0 radical (unpaired) electrons. The number of thioether (sulfide) groups is 1. The highest BCUT2D eigenvalue weighted by atomic mass is 32.2. The van der Waals surface area contributed by atoms with Gasteiger partial charge in [0.1, 0.15) is 0 Å². The minimum absolute atomic E-state index is 0.611. The van der Waals surface area contributed by atoms with Crippen LogP contribution in [0.25, 0.3) is 0 Å². The van der Waals surface area contributed by atoms with E-state index in [1.165, 1.54) is 21.9 Å². The molecule has 2 N–H and O–H groups in total. The van der Waals surface area contributed by atoms with Gasteiger partial charge in [0.15, 0.2) is 0 Å². The van der Waals surface area contributed by atoms with Crippen molar-refractivity contribution in [2.24, 2.45) is 5.73 Å². The first-order chi connectivity index (χ1) is 8.22. The average Bonchev–Trinajstić information content (AvgIpc) is 2.35. The van der Waals surface area contributed by atoms with Crippen molar-refractivity contribution in [3.8, 4) is 0 Å². The van der Waals surface area contributed by atoms with Gasteiger partial charge in [-0.1, -0.05) is 19.9 Å². The van der Waals surface area contributed by atoms with Crippen LogP contribution < -0.4 is 10.6 Å². The molecule has 0 aliphatic carbocycles. The molecule has 2 nitrogen and oxygen atoms in total. The summed E-state index contributed by atoms with van der Waals surface area (Å²) in [6.07, 6.45) is 1.08. The monoisotopic (exact) mass is 250 g/mol. The van der Waals surface area contributed by atoms with Crippen molar-refractivity contribution in [1.82, 2.24) is 0 Å². The summed E-state index contributed by atoms with van der Waals surface area (Å²) < 4.78 is 0. The van der Waals surface area contributed by atoms with E-state index in [2.05, 4.69) is 36.9 Å². The van der Waals surface area contributed by atoms with Crippen LogP contribution in [-0.4, -0.2) is 25.4 Å². The fourth-order valence-corrected chi connectivity index (χ4v) is 3.26. The van der Waals surface area contributed by atoms with Crippen LogP contribution in [0, 0.1) is 0 Å². The van der Waals surface area contributed by atoms with Crippen LogP contribution in [0.2, 0.25) is 0 Å². The lowest BCUT2D eigenvalue weighted by atomic mass is 10.0. The molecule has 0 bridgehead atoms. The van der Waals surface area contributed by atoms with E-state index in [4.69, 9.17) is 5.73 Å². The molecule has 1 aromatic carbocycles. The van der Waals surface area contributed by atoms with E-state index in [0.29, 0.717) is 5.92 Å². The summed E-state index contributed by atoms with van der Waals surface area (Å²) in [4.78, 5) is 3.92. The summed E-state index contributed by atoms with van der Waals surface area (Å²) >= 11 is 1.98. The third-order valence-electron chi connectivity index (χ3n) is 3.24. The number of hydrogen-bond acceptors (Lipinski definition) is 3. The maximum atomic E-state index is 5.60. The van der Waals surface area contributed by atoms with Crippen LogP contribution in [0.1, 0.15) is 31.7 Å². The van der Waals surface area contributed by atoms with E-state index < -0.39 is 0 Å². The Balaban J connectivity index is 2.20. The molecule has 0 saturated heterocycles. The molecule has 17 heavy (non-hydrogen) atoms. The third kappa shape index (κ3) is 2.96. The Labute approximate surface area is 109 Å². The first kappa shape index (κ1) is 12.8. The molecule has 1 heterocycles. The topological polar surface area (TPSA) is 29.3 Å². The Morgan fingerprint density at radius 3 is 2.94 bits per heavy atom. The highest BCUT2D eigenvalue weighted by Crippen LogP contribution is 2.36. The van der Waals surface area contributed by atoms with Gasteiger partial charge in [-0.2, -0.15) is 0 Å². The third-order valence-corrected chi connectivity index (χ3v) is 4.27. The Bertz CT molecular complexity index is 376. The molecule has 0 spiro atoms. The quantitative estimate of drug-likeness (QED) is 0.890. The predicted molar refractivity (Wildman–Crippen MR) is 77.1 cm³/mol. The normalized spacial score (nSPS) is 15.2. The smallest absolute Gasteiger partial charge is 0.0504 e. The fraction of sp³-hybridized carbons (Fsp3) is 0.571. The molecule has 0 aromatic heterocycles. The number of benzene rings is 1. The maximum Gasteiger partial charge on any atom is 0.0504 e. The molecule has 0 fully saturated rings. The van der Waals surface area contributed by atoms with Crippen molar-refractivity contribution in [3.63, 3.8) is 0 Å². The summed E-state index contributed by atoms with van der Waals surface area (Å²) in [5.74, 6) is 1.80. The number of nitrogens with two attached hydrogens (primary N) is 1. The van der Waals surface area contributed by atoms with Gasteiger partial charge in [-0.15, -0.1) is 11.8 Å². The van der Waals surface area contributed by atoms with Crippen molar-refractivity contribution in [1.29, 1.82) is 0 Å². The molecule has 1 aliphatic rings. The van der Waals surface area contributed by atoms with E-state index in [0.717, 1.165) is 26.1 Å². The molecular formula is C14H22N2S. The van der Waals surface area contributed by atoms with E-state index in [1.54, 1.807) is 0 Å². The van der Waals surface area contributed by atoms with Gasteiger partial charge < -0.3 is 10.6 Å². The van der Waals surface area contributed by atoms with Gasteiger partial charge in [0.2, 0.25) is 0 Å². The van der Waals surface area contributed by atoms with Crippen molar-refractivity contribution in [2.45, 2.75) is 31.1 Å². The molecule has 94 valence electrons. The highest BCUT2D eigenvalue weighted by molar-refractivity contribution is 7.99. The highest BCUT2D eigenvalue weighted by Gasteiger charge is 2.17. The maximum absolute atomic E-state index is 5.60. The van der Waals surface area contributed by atoms with Gasteiger partial charge in [-0.25, -0.2) is 0 Å². The van der Waals surface area contributed by atoms with Crippen molar-refractivity contribution in [2.75, 3.05) is 30.3 Å². The van der Waals surface area contributed by atoms with Crippen LogP contribution >= 0.6 is 11.8 Å². The standard InChI is InChI=1S/C14H22N2S/c1-11(2)12-4-5-13-14(10-12)17-9-8-16(13)7-3-6-15/h4-5,10-11H,3,6-9,15H2,1-2H3. The molecule has 0 unspecified atom stereocenters. The Hall–Kier alpha value is -0.670. The molecule has 0 amide bonds. The second-order valence-corrected chi connectivity index (χ2v) is 6.00. The van der Waals surface area contributed by atoms with E-state index >= 15 is 0 Å². The zero-order valence-corrected chi connectivity index (χ0v) is 11.6. The first-order valence-corrected chi connectivity index (χ1v) is 7.42. The number of fused-ring (bicyclic) bond motifs is 1. The summed E-state index contributed by atoms with van der Waals surface area (Å²) in [5, 5.41) is 0. The lowest BCUT2D eigenvalue weighted by molar-refractivity contribution is 0.745. The van der Waals surface area contributed by atoms with E-state index in [-0.39, 0.29) is 0 Å². The Morgan fingerprint density at radius 1 is 1.41 bits per heavy atom. The number of rotatable bonds is 4. The van der Waals surface area contributed by atoms with Crippen LogP contribution in [0.15, 0.2) is 23.1 Å². The average molecular weight is 250 g/mol. The second-order valence-electron chi connectivity index (χ2n) is 4.86. The summed E-state index contributed by atoms with van der Waals surface area (Å²) in [6, 6.07) is 6.91. The second kappa shape index (κ2) is 5.78. The number of hydrogen-bond donors (Lipinski definition) is 1. The summed E-state index contributed by atoms with van der Waals surface area (Å²) in [6.45, 7) is 7.52. The zero-order chi connectivity index (χ0) is 12.3. The minimum atomic E-state index is 0.611. The fourth-order valence-electron chi connectivity index (χ4n) is 2.17. The lowest BCUT2D eigenvalue weighted by Crippen LogP contribution is -2.31. The Morgan fingerprint density at radius 2 is 2.24 bits per heavy atom. The predicted octanol–water partition coefficient (Wildman–Crippen LogP) is 3.07. The molecule has 1 aromatic rings. The van der Waals surface area contributed by atoms with Crippen LogP contribution in [0.4, 0.5) is 5.69 Å². The number of anilines is 1. The van der Waals surface area contributed by atoms with Crippen LogP contribution in [-0.2, 0) is 0 Å². The molecule has 1 aliphatic heterocycles. The molecule has 2 rings (SSSR count). The van der Waals surface area contributed by atoms with Gasteiger partial charge in [0.25, 0.3) is 0 Å². The molecule has 3 heteroatoms. The van der Waals surface area contributed by atoms with Gasteiger partial charge >= 0.3 is 0 Å². The lowest BCUT2D eigenvalue weighted by Gasteiger charge is -2.31. The largest absolute Gasteiger partial charge is 0.370 e. The Kier molecular flexibility index (Phi) is 4.35. The SMILES string of the molecule is CC(C)c1ccc2c(c1)SCCN2CCCN. The minimum Gasteiger partial charge on any atom is -0.370 e. The van der Waals surface area contributed by atoms with Gasteiger partial charge in [0.05, 0.1) is 5.69 Å². The van der Waals surface area contributed by atoms with Gasteiger partial charge in [-0.3, -0.25) is 0 Å². The number of nitrogens with zero attached hydrogens (tertiary/aromatic N) is 1. The van der Waals surface area contributed by atoms with E-state index in [9.17, 15) is 0 Å². The zero-order valence-electron chi connectivity index (χ0n) is 10.8. The summed E-state index contributed by atoms with van der Waals surface area (Å²) in [5.41, 5.74) is 8.44. The molecule has 0 atom stereocenters. The van der Waals surface area contributed by atoms with Crippen LogP contribution in [0.5, 0.6) is 0 Å². The molecule has 0 saturated carbocycles. The first-order valence-electron chi connectivity index (χ1n) is 6.44. The summed E-state index contributed by atoms with van der Waals surface area (Å²) in [7, 11) is 0. The van der Waals surface area contributed by atoms with Crippen LogP contribution in [0.3, 0.4) is 0 Å². The van der Waals surface area contributed by atoms with Crippen molar-refractivity contribution < 1.29 is 0 Å². The van der Waals surface area contributed by atoms with Gasteiger partial charge in [0, 0.05) is 23.7 Å². The molecular weight excluding hydrogens is 228 g/mol. The van der Waals surface area contributed by atoms with Crippen molar-refractivity contribution >= 4 is 17.4 Å². The van der Waals surface area contributed by atoms with Crippen molar-refractivity contribution in [3.05, 3.63) is 23.8 Å².